The summed E-state index contributed by atoms with van der Waals surface area (Å²) < 4.78 is 13.4. The summed E-state index contributed by atoms with van der Waals surface area (Å²) in [6.45, 7) is 2.52. The van der Waals surface area contributed by atoms with Gasteiger partial charge >= 0.3 is 0 Å². The van der Waals surface area contributed by atoms with Gasteiger partial charge in [0.2, 0.25) is 0 Å². The van der Waals surface area contributed by atoms with Crippen molar-refractivity contribution in [3.05, 3.63) is 53.4 Å². The van der Waals surface area contributed by atoms with Gasteiger partial charge in [-0.1, -0.05) is 0 Å². The highest BCUT2D eigenvalue weighted by atomic mass is 19.1. The van der Waals surface area contributed by atoms with Crippen molar-refractivity contribution in [3.63, 3.8) is 0 Å². The van der Waals surface area contributed by atoms with Gasteiger partial charge in [0.15, 0.2) is 0 Å². The molecule has 0 aliphatic carbocycles. The van der Waals surface area contributed by atoms with Gasteiger partial charge in [-0.3, -0.25) is 4.79 Å². The van der Waals surface area contributed by atoms with Gasteiger partial charge in [0.1, 0.15) is 23.2 Å². The minimum Gasteiger partial charge on any atom is -0.373 e. The fraction of sp³-hybridized carbons (Fsp3) is 0.316. The molecule has 2 N–H and O–H groups in total. The summed E-state index contributed by atoms with van der Waals surface area (Å²) in [5.41, 5.74) is 2.06. The SMILES string of the molecule is CNc1cc(C2CCCN2C(=O)c2cc3cc(F)ccc3[nH]2)nc(C)n1. The van der Waals surface area contributed by atoms with E-state index in [1.165, 1.54) is 12.1 Å². The number of rotatable bonds is 3. The number of likely N-dealkylation sites (tertiary alicyclic amines) is 1. The number of aromatic amines is 1. The van der Waals surface area contributed by atoms with E-state index in [0.29, 0.717) is 23.4 Å². The van der Waals surface area contributed by atoms with Crippen molar-refractivity contribution < 1.29 is 9.18 Å². The molecule has 1 aromatic carbocycles. The molecule has 6 nitrogen and oxygen atoms in total. The van der Waals surface area contributed by atoms with Crippen LogP contribution in [0.15, 0.2) is 30.3 Å². The van der Waals surface area contributed by atoms with Crippen molar-refractivity contribution in [2.45, 2.75) is 25.8 Å². The molecule has 1 fully saturated rings. The molecule has 1 aliphatic rings. The highest BCUT2D eigenvalue weighted by molar-refractivity contribution is 5.98. The highest BCUT2D eigenvalue weighted by Gasteiger charge is 2.32. The first-order chi connectivity index (χ1) is 12.5. The van der Waals surface area contributed by atoms with Crippen LogP contribution in [0.4, 0.5) is 10.2 Å². The van der Waals surface area contributed by atoms with Crippen LogP contribution >= 0.6 is 0 Å². The van der Waals surface area contributed by atoms with Crippen LogP contribution in [0.3, 0.4) is 0 Å². The summed E-state index contributed by atoms with van der Waals surface area (Å²) >= 11 is 0. The number of amides is 1. The van der Waals surface area contributed by atoms with Gasteiger partial charge < -0.3 is 15.2 Å². The summed E-state index contributed by atoms with van der Waals surface area (Å²) in [4.78, 5) is 26.9. The molecule has 26 heavy (non-hydrogen) atoms. The van der Waals surface area contributed by atoms with Gasteiger partial charge in [-0.05, 0) is 44.0 Å². The van der Waals surface area contributed by atoms with Crippen LogP contribution in [0.1, 0.15) is 40.9 Å². The number of aryl methyl sites for hydroxylation is 1. The molecular formula is C19H20FN5O. The minimum atomic E-state index is -0.314. The summed E-state index contributed by atoms with van der Waals surface area (Å²) in [7, 11) is 1.81. The third-order valence-corrected chi connectivity index (χ3v) is 4.78. The Kier molecular flexibility index (Phi) is 4.06. The minimum absolute atomic E-state index is 0.0838. The molecule has 3 aromatic rings. The standard InChI is InChI=1S/C19H20FN5O/c1-11-22-15(10-18(21-2)23-11)17-4-3-7-25(17)19(26)16-9-12-8-13(20)5-6-14(12)24-16/h5-6,8-10,17,24H,3-4,7H2,1-2H3,(H,21,22,23). The van der Waals surface area contributed by atoms with Crippen LogP contribution in [0, 0.1) is 12.7 Å². The molecule has 4 rings (SSSR count). The molecule has 1 amide bonds. The Labute approximate surface area is 150 Å². The molecule has 0 spiro atoms. The molecule has 1 aliphatic heterocycles. The quantitative estimate of drug-likeness (QED) is 0.757. The zero-order valence-corrected chi connectivity index (χ0v) is 14.7. The Morgan fingerprint density at radius 2 is 2.15 bits per heavy atom. The zero-order chi connectivity index (χ0) is 18.3. The second-order valence-corrected chi connectivity index (χ2v) is 6.55. The van der Waals surface area contributed by atoms with Gasteiger partial charge in [-0.25, -0.2) is 14.4 Å². The van der Waals surface area contributed by atoms with E-state index >= 15 is 0 Å². The lowest BCUT2D eigenvalue weighted by Gasteiger charge is -2.24. The van der Waals surface area contributed by atoms with E-state index in [-0.39, 0.29) is 17.8 Å². The Morgan fingerprint density at radius 3 is 2.96 bits per heavy atom. The number of hydrogen-bond acceptors (Lipinski definition) is 4. The summed E-state index contributed by atoms with van der Waals surface area (Å²) in [5.74, 6) is 1.01. The monoisotopic (exact) mass is 353 g/mol. The third-order valence-electron chi connectivity index (χ3n) is 4.78. The topological polar surface area (TPSA) is 73.9 Å². The van der Waals surface area contributed by atoms with Gasteiger partial charge in [0.25, 0.3) is 5.91 Å². The number of nitrogens with one attached hydrogen (secondary N) is 2. The summed E-state index contributed by atoms with van der Waals surface area (Å²) in [6, 6.07) is 7.98. The summed E-state index contributed by atoms with van der Waals surface area (Å²) in [6.07, 6.45) is 1.78. The van der Waals surface area contributed by atoms with Crippen molar-refractivity contribution in [1.29, 1.82) is 0 Å². The maximum absolute atomic E-state index is 13.4. The average molecular weight is 353 g/mol. The number of H-pyrrole nitrogens is 1. The Morgan fingerprint density at radius 1 is 1.31 bits per heavy atom. The van der Waals surface area contributed by atoms with Gasteiger partial charge in [-0.15, -0.1) is 0 Å². The zero-order valence-electron chi connectivity index (χ0n) is 14.7. The predicted molar refractivity (Wildman–Crippen MR) is 97.6 cm³/mol. The van der Waals surface area contributed by atoms with E-state index in [1.54, 1.807) is 12.1 Å². The molecule has 3 heterocycles. The highest BCUT2D eigenvalue weighted by Crippen LogP contribution is 2.33. The third kappa shape index (κ3) is 2.89. The molecule has 2 aromatic heterocycles. The number of carbonyl (C=O) groups excluding carboxylic acids is 1. The fourth-order valence-electron chi connectivity index (χ4n) is 3.58. The molecule has 1 unspecified atom stereocenters. The molecule has 134 valence electrons. The van der Waals surface area contributed by atoms with Crippen molar-refractivity contribution in [3.8, 4) is 0 Å². The molecule has 0 radical (unpaired) electrons. The fourth-order valence-corrected chi connectivity index (χ4v) is 3.58. The van der Waals surface area contributed by atoms with Crippen molar-refractivity contribution in [2.75, 3.05) is 18.9 Å². The molecule has 1 atom stereocenters. The number of carbonyl (C=O) groups is 1. The van der Waals surface area contributed by atoms with Crippen LogP contribution < -0.4 is 5.32 Å². The smallest absolute Gasteiger partial charge is 0.270 e. The lowest BCUT2D eigenvalue weighted by Crippen LogP contribution is -2.31. The van der Waals surface area contributed by atoms with Crippen LogP contribution in [-0.4, -0.2) is 39.4 Å². The molecular weight excluding hydrogens is 333 g/mol. The average Bonchev–Trinajstić information content (AvgIpc) is 3.27. The lowest BCUT2D eigenvalue weighted by atomic mass is 10.1. The van der Waals surface area contributed by atoms with Gasteiger partial charge in [-0.2, -0.15) is 0 Å². The van der Waals surface area contributed by atoms with Crippen LogP contribution in [-0.2, 0) is 0 Å². The first-order valence-electron chi connectivity index (χ1n) is 8.68. The van der Waals surface area contributed by atoms with Crippen molar-refractivity contribution >= 4 is 22.6 Å². The molecule has 7 heteroatoms. The number of anilines is 1. The van der Waals surface area contributed by atoms with Crippen LogP contribution in [0.25, 0.3) is 10.9 Å². The van der Waals surface area contributed by atoms with Gasteiger partial charge in [0.05, 0.1) is 11.7 Å². The maximum Gasteiger partial charge on any atom is 0.270 e. The van der Waals surface area contributed by atoms with Crippen LogP contribution in [0.2, 0.25) is 0 Å². The Bertz CT molecular complexity index is 983. The normalized spacial score (nSPS) is 17.0. The second kappa shape index (κ2) is 6.40. The first-order valence-corrected chi connectivity index (χ1v) is 8.68. The van der Waals surface area contributed by atoms with E-state index in [0.717, 1.165) is 29.9 Å². The number of hydrogen-bond donors (Lipinski definition) is 2. The number of aromatic nitrogens is 3. The second-order valence-electron chi connectivity index (χ2n) is 6.55. The van der Waals surface area contributed by atoms with Crippen LogP contribution in [0.5, 0.6) is 0 Å². The van der Waals surface area contributed by atoms with Crippen molar-refractivity contribution in [1.82, 2.24) is 19.9 Å². The summed E-state index contributed by atoms with van der Waals surface area (Å²) in [5, 5.41) is 3.73. The van der Waals surface area contributed by atoms with Crippen molar-refractivity contribution in [2.24, 2.45) is 0 Å². The first kappa shape index (κ1) is 16.5. The predicted octanol–water partition coefficient (Wildman–Crippen LogP) is 3.42. The number of fused-ring (bicyclic) bond motifs is 1. The number of benzene rings is 1. The van der Waals surface area contributed by atoms with Gasteiger partial charge in [0, 0.05) is 30.6 Å². The largest absolute Gasteiger partial charge is 0.373 e. The number of halogens is 1. The maximum atomic E-state index is 13.4. The molecule has 0 bridgehead atoms. The van der Waals surface area contributed by atoms with E-state index in [9.17, 15) is 9.18 Å². The van der Waals surface area contributed by atoms with E-state index in [1.807, 2.05) is 24.9 Å². The van der Waals surface area contributed by atoms with E-state index in [4.69, 9.17) is 0 Å². The molecule has 1 saturated heterocycles. The lowest BCUT2D eigenvalue weighted by molar-refractivity contribution is 0.0727. The Balaban J connectivity index is 1.67. The van der Waals surface area contributed by atoms with E-state index < -0.39 is 0 Å². The Hall–Kier alpha value is -2.96. The molecule has 0 saturated carbocycles. The van der Waals surface area contributed by atoms with E-state index in [2.05, 4.69) is 20.3 Å². The number of nitrogens with zero attached hydrogens (tertiary/aromatic N) is 3.